The molecule has 0 saturated heterocycles. The fourth-order valence-electron chi connectivity index (χ4n) is 1.45. The van der Waals surface area contributed by atoms with Crippen LogP contribution in [0.3, 0.4) is 0 Å². The van der Waals surface area contributed by atoms with E-state index in [0.717, 1.165) is 6.07 Å². The highest BCUT2D eigenvalue weighted by Gasteiger charge is 2.33. The average Bonchev–Trinajstić information content (AvgIpc) is 2.12. The minimum absolute atomic E-state index is 0.233. The maximum Gasteiger partial charge on any atom is 0.417 e. The van der Waals surface area contributed by atoms with Crippen molar-refractivity contribution in [2.75, 3.05) is 0 Å². The smallest absolute Gasteiger partial charge is 0.324 e. The Labute approximate surface area is 104 Å². The van der Waals surface area contributed by atoms with E-state index in [9.17, 15) is 13.2 Å². The van der Waals surface area contributed by atoms with E-state index in [1.54, 1.807) is 0 Å². The molecule has 0 spiro atoms. The Morgan fingerprint density at radius 1 is 1.18 bits per heavy atom. The summed E-state index contributed by atoms with van der Waals surface area (Å²) in [6, 6.07) is 3.29. The number of rotatable bonds is 1. The summed E-state index contributed by atoms with van der Waals surface area (Å²) in [7, 11) is 0. The van der Waals surface area contributed by atoms with Crippen LogP contribution >= 0.6 is 11.6 Å². The van der Waals surface area contributed by atoms with Crippen molar-refractivity contribution in [3.63, 3.8) is 0 Å². The lowest BCUT2D eigenvalue weighted by Crippen LogP contribution is -2.26. The summed E-state index contributed by atoms with van der Waals surface area (Å²) in [5, 5.41) is -0.310. The van der Waals surface area contributed by atoms with Crippen molar-refractivity contribution in [1.82, 2.24) is 0 Å². The van der Waals surface area contributed by atoms with E-state index in [1.165, 1.54) is 12.1 Å². The highest BCUT2D eigenvalue weighted by Crippen LogP contribution is 2.38. The second kappa shape index (κ2) is 4.50. The molecule has 0 fully saturated rings. The molecule has 0 unspecified atom stereocenters. The SMILES string of the molecule is CC(C)(C)[C@@H](N)c1ccc(C(F)(F)F)c(Cl)c1. The van der Waals surface area contributed by atoms with Crippen LogP contribution in [0.4, 0.5) is 13.2 Å². The van der Waals surface area contributed by atoms with Gasteiger partial charge < -0.3 is 5.73 Å². The molecular formula is C12H15ClF3N. The van der Waals surface area contributed by atoms with Gasteiger partial charge in [0.25, 0.3) is 0 Å². The van der Waals surface area contributed by atoms with Gasteiger partial charge in [-0.05, 0) is 23.1 Å². The molecule has 0 bridgehead atoms. The molecule has 0 aromatic heterocycles. The number of hydrogen-bond acceptors (Lipinski definition) is 1. The minimum Gasteiger partial charge on any atom is -0.324 e. The van der Waals surface area contributed by atoms with Gasteiger partial charge in [-0.2, -0.15) is 13.2 Å². The summed E-state index contributed by atoms with van der Waals surface area (Å²) in [5.41, 5.74) is 5.50. The van der Waals surface area contributed by atoms with Crippen LogP contribution in [0.1, 0.15) is 37.9 Å². The Hall–Kier alpha value is -0.740. The molecule has 1 rings (SSSR count). The number of halogens is 4. The highest BCUT2D eigenvalue weighted by molar-refractivity contribution is 6.31. The largest absolute Gasteiger partial charge is 0.417 e. The first-order chi connectivity index (χ1) is 7.53. The van der Waals surface area contributed by atoms with Crippen molar-refractivity contribution in [3.05, 3.63) is 34.3 Å². The van der Waals surface area contributed by atoms with E-state index in [4.69, 9.17) is 17.3 Å². The molecule has 1 nitrogen and oxygen atoms in total. The van der Waals surface area contributed by atoms with Crippen LogP contribution in [0.25, 0.3) is 0 Å². The second-order valence-electron chi connectivity index (χ2n) is 5.08. The van der Waals surface area contributed by atoms with Crippen molar-refractivity contribution < 1.29 is 13.2 Å². The molecule has 0 heterocycles. The van der Waals surface area contributed by atoms with E-state index in [2.05, 4.69) is 0 Å². The maximum atomic E-state index is 12.5. The Morgan fingerprint density at radius 3 is 2.06 bits per heavy atom. The van der Waals surface area contributed by atoms with E-state index in [1.807, 2.05) is 20.8 Å². The van der Waals surface area contributed by atoms with Crippen molar-refractivity contribution in [1.29, 1.82) is 0 Å². The summed E-state index contributed by atoms with van der Waals surface area (Å²) in [6.45, 7) is 5.76. The van der Waals surface area contributed by atoms with Gasteiger partial charge >= 0.3 is 6.18 Å². The van der Waals surface area contributed by atoms with Gasteiger partial charge in [-0.15, -0.1) is 0 Å². The molecule has 0 aliphatic rings. The van der Waals surface area contributed by atoms with Gasteiger partial charge in [-0.1, -0.05) is 38.4 Å². The fraction of sp³-hybridized carbons (Fsp3) is 0.500. The van der Waals surface area contributed by atoms with Gasteiger partial charge in [0.2, 0.25) is 0 Å². The lowest BCUT2D eigenvalue weighted by molar-refractivity contribution is -0.137. The van der Waals surface area contributed by atoms with Gasteiger partial charge in [-0.3, -0.25) is 0 Å². The van der Waals surface area contributed by atoms with Gasteiger partial charge in [0.15, 0.2) is 0 Å². The van der Waals surface area contributed by atoms with Gasteiger partial charge in [0, 0.05) is 6.04 Å². The summed E-state index contributed by atoms with van der Waals surface area (Å²) in [5.74, 6) is 0. The Bertz CT molecular complexity index is 407. The maximum absolute atomic E-state index is 12.5. The molecule has 96 valence electrons. The van der Waals surface area contributed by atoms with Crippen LogP contribution in [-0.4, -0.2) is 0 Å². The highest BCUT2D eigenvalue weighted by atomic mass is 35.5. The Kier molecular flexibility index (Phi) is 3.79. The average molecular weight is 266 g/mol. The van der Waals surface area contributed by atoms with E-state index >= 15 is 0 Å². The van der Waals surface area contributed by atoms with E-state index < -0.39 is 11.7 Å². The zero-order valence-electron chi connectivity index (χ0n) is 9.90. The number of benzene rings is 1. The van der Waals surface area contributed by atoms with Crippen molar-refractivity contribution in [2.45, 2.75) is 33.0 Å². The lowest BCUT2D eigenvalue weighted by atomic mass is 9.83. The van der Waals surface area contributed by atoms with Crippen LogP contribution in [0.15, 0.2) is 18.2 Å². The van der Waals surface area contributed by atoms with Crippen LogP contribution in [0, 0.1) is 5.41 Å². The first-order valence-corrected chi connectivity index (χ1v) is 5.53. The predicted molar refractivity (Wildman–Crippen MR) is 62.8 cm³/mol. The quantitative estimate of drug-likeness (QED) is 0.800. The molecule has 0 saturated carbocycles. The first-order valence-electron chi connectivity index (χ1n) is 5.15. The number of nitrogens with two attached hydrogens (primary N) is 1. The summed E-state index contributed by atoms with van der Waals surface area (Å²) >= 11 is 5.63. The third-order valence-corrected chi connectivity index (χ3v) is 2.90. The summed E-state index contributed by atoms with van der Waals surface area (Å²) < 4.78 is 37.5. The third kappa shape index (κ3) is 3.36. The molecule has 2 N–H and O–H groups in total. The molecular weight excluding hydrogens is 251 g/mol. The Morgan fingerprint density at radius 2 is 1.71 bits per heavy atom. The van der Waals surface area contributed by atoms with Gasteiger partial charge in [0.05, 0.1) is 10.6 Å². The van der Waals surface area contributed by atoms with E-state index in [-0.39, 0.29) is 16.5 Å². The molecule has 1 aromatic rings. The van der Waals surface area contributed by atoms with Crippen LogP contribution in [-0.2, 0) is 6.18 Å². The first kappa shape index (κ1) is 14.3. The van der Waals surface area contributed by atoms with Crippen LogP contribution in [0.5, 0.6) is 0 Å². The number of hydrogen-bond donors (Lipinski definition) is 1. The molecule has 0 aliphatic carbocycles. The number of alkyl halides is 3. The van der Waals surface area contributed by atoms with Gasteiger partial charge in [0.1, 0.15) is 0 Å². The van der Waals surface area contributed by atoms with Gasteiger partial charge in [-0.25, -0.2) is 0 Å². The Balaban J connectivity index is 3.14. The standard InChI is InChI=1S/C12H15ClF3N/c1-11(2,3)10(17)7-4-5-8(9(13)6-7)12(14,15)16/h4-6,10H,17H2,1-3H3/t10-/m0/s1. The molecule has 0 amide bonds. The van der Waals surface area contributed by atoms with Crippen LogP contribution < -0.4 is 5.73 Å². The van der Waals surface area contributed by atoms with Crippen molar-refractivity contribution >= 4 is 11.6 Å². The normalized spacial score (nSPS) is 14.8. The topological polar surface area (TPSA) is 26.0 Å². The van der Waals surface area contributed by atoms with E-state index in [0.29, 0.717) is 5.56 Å². The summed E-state index contributed by atoms with van der Waals surface area (Å²) in [4.78, 5) is 0. The molecule has 1 aromatic carbocycles. The fourth-order valence-corrected chi connectivity index (χ4v) is 1.75. The van der Waals surface area contributed by atoms with Crippen LogP contribution in [0.2, 0.25) is 5.02 Å². The molecule has 1 atom stereocenters. The molecule has 17 heavy (non-hydrogen) atoms. The van der Waals surface area contributed by atoms with Crippen molar-refractivity contribution in [3.8, 4) is 0 Å². The second-order valence-corrected chi connectivity index (χ2v) is 5.49. The van der Waals surface area contributed by atoms with Crippen molar-refractivity contribution in [2.24, 2.45) is 11.1 Å². The molecule has 0 aliphatic heterocycles. The lowest BCUT2D eigenvalue weighted by Gasteiger charge is -2.27. The zero-order chi connectivity index (χ0) is 13.4. The molecule has 0 radical (unpaired) electrons. The predicted octanol–water partition coefficient (Wildman–Crippen LogP) is 4.40. The summed E-state index contributed by atoms with van der Waals surface area (Å²) in [6.07, 6.45) is -4.43. The zero-order valence-corrected chi connectivity index (χ0v) is 10.7. The minimum atomic E-state index is -4.43. The molecule has 5 heteroatoms. The third-order valence-electron chi connectivity index (χ3n) is 2.59. The monoisotopic (exact) mass is 265 g/mol.